The first-order valence-electron chi connectivity index (χ1n) is 15.0. The molecule has 0 radical (unpaired) electrons. The summed E-state index contributed by atoms with van der Waals surface area (Å²) >= 11 is 3.77. The van der Waals surface area contributed by atoms with Crippen molar-refractivity contribution in [2.24, 2.45) is 0 Å². The lowest BCUT2D eigenvalue weighted by Gasteiger charge is -2.47. The molecule has 6 heteroatoms. The van der Waals surface area contributed by atoms with Crippen LogP contribution in [0.25, 0.3) is 11.1 Å². The zero-order chi connectivity index (χ0) is 29.1. The maximum atomic E-state index is 6.59. The van der Waals surface area contributed by atoms with Gasteiger partial charge in [-0.2, -0.15) is 0 Å². The van der Waals surface area contributed by atoms with Crippen LogP contribution in [0.4, 0.5) is 28.4 Å². The van der Waals surface area contributed by atoms with Crippen molar-refractivity contribution in [2.45, 2.75) is 33.4 Å². The second-order valence-corrected chi connectivity index (χ2v) is 14.0. The van der Waals surface area contributed by atoms with Gasteiger partial charge in [-0.1, -0.05) is 84.2 Å². The molecule has 208 valence electrons. The summed E-state index contributed by atoms with van der Waals surface area (Å²) in [4.78, 5) is 10.3. The van der Waals surface area contributed by atoms with Crippen molar-refractivity contribution in [3.05, 3.63) is 126 Å². The number of nitrogens with zero attached hydrogens (tertiary/aromatic N) is 2. The summed E-state index contributed by atoms with van der Waals surface area (Å²) in [5, 5.41) is 0. The lowest BCUT2D eigenvalue weighted by atomic mass is 9.43. The summed E-state index contributed by atoms with van der Waals surface area (Å²) in [6.07, 6.45) is 0. The van der Waals surface area contributed by atoms with Crippen LogP contribution in [0.2, 0.25) is 0 Å². The summed E-state index contributed by atoms with van der Waals surface area (Å²) in [7, 11) is 0. The molecule has 4 aliphatic heterocycles. The molecule has 44 heavy (non-hydrogen) atoms. The Morgan fingerprint density at radius 2 is 1.27 bits per heavy atom. The molecule has 0 saturated carbocycles. The molecule has 0 bridgehead atoms. The van der Waals surface area contributed by atoms with E-state index in [2.05, 4.69) is 139 Å². The Hall–Kier alpha value is -4.52. The van der Waals surface area contributed by atoms with E-state index in [1.165, 1.54) is 69.8 Å². The molecule has 0 aromatic heterocycles. The van der Waals surface area contributed by atoms with Gasteiger partial charge in [0, 0.05) is 42.2 Å². The van der Waals surface area contributed by atoms with Crippen LogP contribution in [-0.4, -0.2) is 6.85 Å². The molecule has 6 aromatic rings. The van der Waals surface area contributed by atoms with Crippen LogP contribution in [0.3, 0.4) is 0 Å². The summed E-state index contributed by atoms with van der Waals surface area (Å²) < 4.78 is 6.59. The van der Waals surface area contributed by atoms with E-state index in [1.54, 1.807) is 0 Å². The molecule has 6 aromatic carbocycles. The number of hydrogen-bond acceptors (Lipinski definition) is 5. The average Bonchev–Trinajstić information content (AvgIpc) is 3.04. The topological polar surface area (TPSA) is 15.7 Å². The van der Waals surface area contributed by atoms with E-state index >= 15 is 0 Å². The van der Waals surface area contributed by atoms with Crippen molar-refractivity contribution in [1.29, 1.82) is 0 Å². The first kappa shape index (κ1) is 24.9. The maximum absolute atomic E-state index is 6.59. The zero-order valence-corrected chi connectivity index (χ0v) is 25.8. The summed E-state index contributed by atoms with van der Waals surface area (Å²) in [5.41, 5.74) is 13.7. The minimum atomic E-state index is -0.0131. The number of hydrogen-bond donors (Lipinski definition) is 0. The zero-order valence-electron chi connectivity index (χ0n) is 24.2. The van der Waals surface area contributed by atoms with E-state index in [0.29, 0.717) is 0 Å². The largest absolute Gasteiger partial charge is 0.453 e. The SMILES string of the molecule is Cc1cc2c3c(c1)N1c4ccccc4Oc4cccc(c41)B3N(c1ccccc1C)c1cc3c(cc1-2)Sc1ccccc1S3. The van der Waals surface area contributed by atoms with Crippen LogP contribution in [0.5, 0.6) is 11.5 Å². The highest BCUT2D eigenvalue weighted by Crippen LogP contribution is 2.56. The molecule has 0 saturated heterocycles. The number of fused-ring (bicyclic) bond motifs is 8. The standard InChI is InChI=1S/C38H25BN2OS2/c1-22-18-25-24-20-35-36(44-34-17-8-7-16-33(34)43-35)21-29(24)41(27-12-4-3-10-23(27)2)39-26-11-9-15-32-38(26)40(30(19-22)37(25)39)28-13-5-6-14-31(28)42-32/h3-21H,1-2H3. The average molecular weight is 601 g/mol. The van der Waals surface area contributed by atoms with Crippen molar-refractivity contribution in [3.8, 4) is 22.6 Å². The molecule has 0 fully saturated rings. The van der Waals surface area contributed by atoms with Gasteiger partial charge in [0.2, 0.25) is 0 Å². The Kier molecular flexibility index (Phi) is 5.09. The van der Waals surface area contributed by atoms with Gasteiger partial charge in [-0.05, 0) is 96.1 Å². The molecule has 10 rings (SSSR count). The predicted molar refractivity (Wildman–Crippen MR) is 184 cm³/mol. The molecule has 4 aliphatic rings. The number of benzene rings is 6. The van der Waals surface area contributed by atoms with Crippen LogP contribution in [-0.2, 0) is 0 Å². The fraction of sp³-hybridized carbons (Fsp3) is 0.0526. The first-order chi connectivity index (χ1) is 21.6. The minimum Gasteiger partial charge on any atom is -0.453 e. The highest BCUT2D eigenvalue weighted by molar-refractivity contribution is 8.05. The van der Waals surface area contributed by atoms with E-state index in [1.807, 2.05) is 23.5 Å². The quantitative estimate of drug-likeness (QED) is 0.174. The Balaban J connectivity index is 1.32. The highest BCUT2D eigenvalue weighted by atomic mass is 32.2. The van der Waals surface area contributed by atoms with Crippen molar-refractivity contribution in [2.75, 3.05) is 9.71 Å². The van der Waals surface area contributed by atoms with Gasteiger partial charge in [-0.3, -0.25) is 0 Å². The number of anilines is 5. The van der Waals surface area contributed by atoms with Crippen LogP contribution in [0, 0.1) is 13.8 Å². The molecule has 0 aliphatic carbocycles. The molecular weight excluding hydrogens is 575 g/mol. The minimum absolute atomic E-state index is 0.0131. The van der Waals surface area contributed by atoms with Crippen LogP contribution in [0.15, 0.2) is 135 Å². The van der Waals surface area contributed by atoms with Crippen LogP contribution < -0.4 is 25.4 Å². The molecule has 0 spiro atoms. The van der Waals surface area contributed by atoms with Gasteiger partial charge in [0.25, 0.3) is 0 Å². The fourth-order valence-corrected chi connectivity index (χ4v) is 9.69. The second kappa shape index (κ2) is 9.01. The normalized spacial score (nSPS) is 14.5. The Morgan fingerprint density at radius 1 is 0.568 bits per heavy atom. The summed E-state index contributed by atoms with van der Waals surface area (Å²) in [5.74, 6) is 1.79. The first-order valence-corrected chi connectivity index (χ1v) is 16.6. The molecule has 0 amide bonds. The van der Waals surface area contributed by atoms with Gasteiger partial charge in [0.05, 0.1) is 11.4 Å². The molecule has 0 atom stereocenters. The molecule has 3 nitrogen and oxygen atoms in total. The molecule has 0 unspecified atom stereocenters. The van der Waals surface area contributed by atoms with Gasteiger partial charge in [-0.25, -0.2) is 0 Å². The third kappa shape index (κ3) is 3.33. The number of ether oxygens (including phenoxy) is 1. The van der Waals surface area contributed by atoms with Crippen molar-refractivity contribution in [1.82, 2.24) is 0 Å². The van der Waals surface area contributed by atoms with E-state index in [9.17, 15) is 0 Å². The van der Waals surface area contributed by atoms with Crippen LogP contribution >= 0.6 is 23.5 Å². The lowest BCUT2D eigenvalue weighted by Crippen LogP contribution is -2.62. The second-order valence-electron chi connectivity index (χ2n) is 11.9. The van der Waals surface area contributed by atoms with E-state index in [4.69, 9.17) is 4.74 Å². The third-order valence-electron chi connectivity index (χ3n) is 9.23. The van der Waals surface area contributed by atoms with E-state index in [-0.39, 0.29) is 6.85 Å². The number of para-hydroxylation sites is 4. The van der Waals surface area contributed by atoms with Gasteiger partial charge < -0.3 is 14.4 Å². The smallest absolute Gasteiger partial charge is 0.333 e. The predicted octanol–water partition coefficient (Wildman–Crippen LogP) is 9.73. The number of rotatable bonds is 1. The number of aryl methyl sites for hydroxylation is 2. The Bertz CT molecular complexity index is 2230. The third-order valence-corrected chi connectivity index (χ3v) is 11.8. The lowest BCUT2D eigenvalue weighted by molar-refractivity contribution is 0.477. The van der Waals surface area contributed by atoms with Crippen LogP contribution in [0.1, 0.15) is 11.1 Å². The monoisotopic (exact) mass is 600 g/mol. The maximum Gasteiger partial charge on any atom is 0.333 e. The Morgan fingerprint density at radius 3 is 2.09 bits per heavy atom. The molecule has 4 heterocycles. The van der Waals surface area contributed by atoms with E-state index in [0.717, 1.165) is 22.9 Å². The molecule has 0 N–H and O–H groups in total. The highest BCUT2D eigenvalue weighted by Gasteiger charge is 2.48. The molecular formula is C38H25BN2OS2. The van der Waals surface area contributed by atoms with Gasteiger partial charge in [0.1, 0.15) is 0 Å². The summed E-state index contributed by atoms with van der Waals surface area (Å²) in [6.45, 7) is 4.45. The van der Waals surface area contributed by atoms with Crippen molar-refractivity contribution in [3.63, 3.8) is 0 Å². The van der Waals surface area contributed by atoms with Crippen molar-refractivity contribution >= 4 is 69.7 Å². The van der Waals surface area contributed by atoms with Crippen molar-refractivity contribution < 1.29 is 4.74 Å². The van der Waals surface area contributed by atoms with Gasteiger partial charge in [0.15, 0.2) is 11.5 Å². The van der Waals surface area contributed by atoms with Gasteiger partial charge >= 0.3 is 6.85 Å². The van der Waals surface area contributed by atoms with E-state index < -0.39 is 0 Å². The fourth-order valence-electron chi connectivity index (χ4n) is 7.42. The Labute approximate surface area is 265 Å². The van der Waals surface area contributed by atoms with Gasteiger partial charge in [-0.15, -0.1) is 0 Å². The summed E-state index contributed by atoms with van der Waals surface area (Å²) in [6, 6.07) is 42.2.